The lowest BCUT2D eigenvalue weighted by Crippen LogP contribution is -2.12. The van der Waals surface area contributed by atoms with E-state index < -0.39 is 23.8 Å². The number of thioether (sulfide) groups is 1. The van der Waals surface area contributed by atoms with Gasteiger partial charge in [-0.3, -0.25) is 0 Å². The molecule has 32 heavy (non-hydrogen) atoms. The number of rotatable bonds is 6. The molecule has 0 amide bonds. The molecule has 0 bridgehead atoms. The zero-order chi connectivity index (χ0) is 22.8. The lowest BCUT2D eigenvalue weighted by atomic mass is 9.99. The number of aryl methyl sites for hydroxylation is 1. The quantitative estimate of drug-likeness (QED) is 0.444. The first-order valence-corrected chi connectivity index (χ1v) is 11.5. The third-order valence-electron chi connectivity index (χ3n) is 5.55. The maximum atomic E-state index is 14.7. The van der Waals surface area contributed by atoms with Crippen molar-refractivity contribution in [2.75, 3.05) is 23.9 Å². The number of allylic oxidation sites excluding steroid dienone is 1. The Balaban J connectivity index is 1.79. The van der Waals surface area contributed by atoms with Gasteiger partial charge in [-0.25, -0.2) is 23.1 Å². The number of hydrogen-bond donors (Lipinski definition) is 1. The largest absolute Gasteiger partial charge is 0.496 e. The molecule has 0 unspecified atom stereocenters. The van der Waals surface area contributed by atoms with Gasteiger partial charge in [-0.2, -0.15) is 11.8 Å². The van der Waals surface area contributed by atoms with E-state index in [9.17, 15) is 13.2 Å². The second kappa shape index (κ2) is 9.40. The van der Waals surface area contributed by atoms with Crippen molar-refractivity contribution < 1.29 is 17.9 Å². The molecule has 1 N–H and O–H groups in total. The fourth-order valence-electron chi connectivity index (χ4n) is 3.93. The van der Waals surface area contributed by atoms with Gasteiger partial charge in [0.15, 0.2) is 0 Å². The molecule has 1 aliphatic heterocycles. The third kappa shape index (κ3) is 4.41. The van der Waals surface area contributed by atoms with Crippen LogP contribution in [0.15, 0.2) is 36.4 Å². The van der Waals surface area contributed by atoms with E-state index in [0.717, 1.165) is 40.7 Å². The van der Waals surface area contributed by atoms with Gasteiger partial charge in [-0.05, 0) is 37.7 Å². The number of methoxy groups -OCH3 is 1. The smallest absolute Gasteiger partial charge is 0.266 e. The summed E-state index contributed by atoms with van der Waals surface area (Å²) in [6.07, 6.45) is 0.263. The number of benzene rings is 2. The molecule has 0 spiro atoms. The predicted molar refractivity (Wildman–Crippen MR) is 124 cm³/mol. The van der Waals surface area contributed by atoms with E-state index in [1.807, 2.05) is 23.9 Å². The molecule has 2 aromatic carbocycles. The molecule has 4 rings (SSSR count). The van der Waals surface area contributed by atoms with Crippen molar-refractivity contribution in [2.45, 2.75) is 32.7 Å². The summed E-state index contributed by atoms with van der Waals surface area (Å²) in [5, 5.41) is 3.98. The molecule has 4 nitrogen and oxygen atoms in total. The number of alkyl halides is 2. The molecule has 0 fully saturated rings. The van der Waals surface area contributed by atoms with Crippen molar-refractivity contribution >= 4 is 34.1 Å². The minimum Gasteiger partial charge on any atom is -0.496 e. The Morgan fingerprint density at radius 1 is 1.16 bits per heavy atom. The minimum absolute atomic E-state index is 0.160. The molecule has 1 aromatic heterocycles. The normalized spacial score (nSPS) is 15.0. The maximum Gasteiger partial charge on any atom is 0.266 e. The summed E-state index contributed by atoms with van der Waals surface area (Å²) < 4.78 is 46.6. The van der Waals surface area contributed by atoms with Crippen LogP contribution in [0.1, 0.15) is 48.3 Å². The molecule has 0 aliphatic carbocycles. The Labute approximate surface area is 189 Å². The zero-order valence-corrected chi connectivity index (χ0v) is 18.9. The summed E-state index contributed by atoms with van der Waals surface area (Å²) in [4.78, 5) is 9.08. The van der Waals surface area contributed by atoms with Crippen LogP contribution in [0.3, 0.4) is 0 Å². The monoisotopic (exact) mass is 459 g/mol. The van der Waals surface area contributed by atoms with E-state index in [-0.39, 0.29) is 5.56 Å². The highest BCUT2D eigenvalue weighted by Gasteiger charge is 2.21. The molecule has 8 heteroatoms. The lowest BCUT2D eigenvalue weighted by molar-refractivity contribution is 0.146. The van der Waals surface area contributed by atoms with Crippen LogP contribution in [0.5, 0.6) is 5.75 Å². The summed E-state index contributed by atoms with van der Waals surface area (Å²) in [5.74, 6) is 2.89. The Hall–Kier alpha value is -2.74. The highest BCUT2D eigenvalue weighted by Crippen LogP contribution is 2.37. The van der Waals surface area contributed by atoms with Gasteiger partial charge < -0.3 is 10.1 Å². The lowest BCUT2D eigenvalue weighted by Gasteiger charge is -2.20. The van der Waals surface area contributed by atoms with Crippen LogP contribution in [0, 0.1) is 12.7 Å². The van der Waals surface area contributed by atoms with Crippen molar-refractivity contribution in [1.82, 2.24) is 9.97 Å². The van der Waals surface area contributed by atoms with Crippen molar-refractivity contribution in [1.29, 1.82) is 0 Å². The minimum atomic E-state index is -2.87. The summed E-state index contributed by atoms with van der Waals surface area (Å²) in [6.45, 7) is 3.50. The molecule has 0 radical (unpaired) electrons. The van der Waals surface area contributed by atoms with Crippen LogP contribution < -0.4 is 10.1 Å². The molecule has 1 atom stereocenters. The second-order valence-corrected chi connectivity index (χ2v) is 8.81. The average molecular weight is 460 g/mol. The summed E-state index contributed by atoms with van der Waals surface area (Å²) in [5.41, 5.74) is 2.44. The highest BCUT2D eigenvalue weighted by molar-refractivity contribution is 7.99. The number of hydrogen-bond acceptors (Lipinski definition) is 5. The molecule has 0 saturated heterocycles. The highest BCUT2D eigenvalue weighted by atomic mass is 32.2. The molecule has 1 aliphatic rings. The molecule has 2 heterocycles. The zero-order valence-electron chi connectivity index (χ0n) is 18.1. The number of nitrogens with one attached hydrogen (secondary N) is 1. The molecular weight excluding hydrogens is 435 g/mol. The molecule has 0 saturated carbocycles. The van der Waals surface area contributed by atoms with Crippen LogP contribution in [0.4, 0.5) is 19.0 Å². The number of ether oxygens (including phenoxy) is 1. The predicted octanol–water partition coefficient (Wildman–Crippen LogP) is 6.72. The van der Waals surface area contributed by atoms with Crippen LogP contribution in [-0.4, -0.2) is 28.6 Å². The van der Waals surface area contributed by atoms with Gasteiger partial charge >= 0.3 is 0 Å². The Bertz CT molecular complexity index is 1180. The molecule has 3 aromatic rings. The third-order valence-corrected chi connectivity index (χ3v) is 6.45. The van der Waals surface area contributed by atoms with E-state index >= 15 is 0 Å². The first-order chi connectivity index (χ1) is 15.4. The second-order valence-electron chi connectivity index (χ2n) is 7.66. The first-order valence-electron chi connectivity index (χ1n) is 10.4. The maximum absolute atomic E-state index is 14.7. The van der Waals surface area contributed by atoms with Crippen LogP contribution in [0.25, 0.3) is 16.5 Å². The first kappa shape index (κ1) is 22.5. The van der Waals surface area contributed by atoms with Gasteiger partial charge in [0.1, 0.15) is 23.2 Å². The van der Waals surface area contributed by atoms with Crippen LogP contribution in [0.2, 0.25) is 0 Å². The van der Waals surface area contributed by atoms with Gasteiger partial charge in [0, 0.05) is 28.3 Å². The summed E-state index contributed by atoms with van der Waals surface area (Å²) in [6, 6.07) is 7.36. The molecule has 168 valence electrons. The Morgan fingerprint density at radius 3 is 2.62 bits per heavy atom. The molecular formula is C24H24F3N3OS. The van der Waals surface area contributed by atoms with Crippen molar-refractivity contribution in [3.05, 3.63) is 64.7 Å². The van der Waals surface area contributed by atoms with Crippen molar-refractivity contribution in [3.8, 4) is 5.75 Å². The van der Waals surface area contributed by atoms with E-state index in [1.54, 1.807) is 21.0 Å². The summed E-state index contributed by atoms with van der Waals surface area (Å²) >= 11 is 1.88. The van der Waals surface area contributed by atoms with E-state index in [2.05, 4.69) is 21.4 Å². The van der Waals surface area contributed by atoms with Crippen molar-refractivity contribution in [3.63, 3.8) is 0 Å². The average Bonchev–Trinajstić information content (AvgIpc) is 2.78. The Morgan fingerprint density at radius 2 is 1.94 bits per heavy atom. The standard InChI is InChI=1S/C24H24F3N3OS/c1-13(16-5-4-6-17(22(16)25)23(26)27)28-24-19-11-18(15-7-9-32-10-8-15)21(31-3)12-20(19)29-14(2)30-24/h4-7,11-13,23H,8-10H2,1-3H3,(H,28,29,30)/t13-/m1/s1. The summed E-state index contributed by atoms with van der Waals surface area (Å²) in [7, 11) is 1.64. The van der Waals surface area contributed by atoms with Gasteiger partial charge in [-0.15, -0.1) is 0 Å². The van der Waals surface area contributed by atoms with Gasteiger partial charge in [0.05, 0.1) is 24.2 Å². The van der Waals surface area contributed by atoms with Gasteiger partial charge in [-0.1, -0.05) is 24.3 Å². The van der Waals surface area contributed by atoms with Crippen LogP contribution >= 0.6 is 11.8 Å². The number of nitrogens with zero attached hydrogens (tertiary/aromatic N) is 2. The number of fused-ring (bicyclic) bond motifs is 1. The van der Waals surface area contributed by atoms with Gasteiger partial charge in [0.25, 0.3) is 6.43 Å². The van der Waals surface area contributed by atoms with Crippen molar-refractivity contribution in [2.24, 2.45) is 0 Å². The fraction of sp³-hybridized carbons (Fsp3) is 0.333. The number of aromatic nitrogens is 2. The van der Waals surface area contributed by atoms with E-state index in [4.69, 9.17) is 4.74 Å². The van der Waals surface area contributed by atoms with Gasteiger partial charge in [0.2, 0.25) is 0 Å². The number of anilines is 1. The van der Waals surface area contributed by atoms with E-state index in [1.165, 1.54) is 17.7 Å². The Kier molecular flexibility index (Phi) is 6.60. The van der Waals surface area contributed by atoms with E-state index in [0.29, 0.717) is 17.2 Å². The fourth-order valence-corrected chi connectivity index (χ4v) is 4.78. The topological polar surface area (TPSA) is 47.0 Å². The SMILES string of the molecule is COc1cc2nc(C)nc(N[C@H](C)c3cccc(C(F)F)c3F)c2cc1C1=CCSCC1. The van der Waals surface area contributed by atoms with Crippen LogP contribution in [-0.2, 0) is 0 Å². The number of halogens is 3.